The molecule has 8 heteroatoms. The summed E-state index contributed by atoms with van der Waals surface area (Å²) in [5.41, 5.74) is 0.0273. The molecular formula is C11H22O4P4. The highest BCUT2D eigenvalue weighted by atomic mass is 32.0. The van der Waals surface area contributed by atoms with Gasteiger partial charge in [-0.15, -0.1) is 6.58 Å². The van der Waals surface area contributed by atoms with E-state index in [-0.39, 0.29) is 38.7 Å². The Hall–Kier alpha value is 1.01. The van der Waals surface area contributed by atoms with E-state index in [2.05, 4.69) is 15.5 Å². The van der Waals surface area contributed by atoms with E-state index in [1.807, 2.05) is 19.4 Å². The molecule has 1 aliphatic rings. The van der Waals surface area contributed by atoms with Crippen molar-refractivity contribution in [2.24, 2.45) is 0 Å². The molecule has 0 bridgehead atoms. The van der Waals surface area contributed by atoms with E-state index in [0.717, 1.165) is 12.8 Å². The molecule has 1 aliphatic heterocycles. The lowest BCUT2D eigenvalue weighted by molar-refractivity contribution is -0.00639. The Morgan fingerprint density at radius 2 is 2.21 bits per heavy atom. The summed E-state index contributed by atoms with van der Waals surface area (Å²) in [6, 6.07) is 0. The predicted octanol–water partition coefficient (Wildman–Crippen LogP) is 3.60. The fourth-order valence-corrected chi connectivity index (χ4v) is 6.08. The van der Waals surface area contributed by atoms with E-state index in [1.54, 1.807) is 0 Å². The fraction of sp³-hybridized carbons (Fsp3) is 0.818. The monoisotopic (exact) mass is 342 g/mol. The molecule has 1 saturated heterocycles. The molecule has 0 aromatic rings. The van der Waals surface area contributed by atoms with Crippen molar-refractivity contribution in [3.63, 3.8) is 0 Å². The van der Waals surface area contributed by atoms with E-state index in [4.69, 9.17) is 9.26 Å². The second-order valence-electron chi connectivity index (χ2n) is 4.52. The Bertz CT molecular complexity index is 302. The molecule has 1 rings (SSSR count). The summed E-state index contributed by atoms with van der Waals surface area (Å²) in [4.78, 5) is 0. The molecule has 19 heavy (non-hydrogen) atoms. The highest BCUT2D eigenvalue weighted by Gasteiger charge is 2.47. The minimum absolute atomic E-state index is 0.0273. The average molecular weight is 342 g/mol. The fourth-order valence-electron chi connectivity index (χ4n) is 2.31. The van der Waals surface area contributed by atoms with Crippen molar-refractivity contribution in [1.82, 2.24) is 0 Å². The third kappa shape index (κ3) is 5.05. The highest BCUT2D eigenvalue weighted by molar-refractivity contribution is 8.16. The molecule has 0 saturated carbocycles. The van der Waals surface area contributed by atoms with Crippen LogP contribution in [-0.2, 0) is 13.8 Å². The van der Waals surface area contributed by atoms with Crippen molar-refractivity contribution in [3.8, 4) is 0 Å². The molecule has 0 spiro atoms. The zero-order chi connectivity index (χ0) is 14.4. The SMILES string of the molecule is C=CCCC1OC(CO)C(P(C)P=O)C1OP(C)P. The lowest BCUT2D eigenvalue weighted by Crippen LogP contribution is -2.33. The van der Waals surface area contributed by atoms with Crippen LogP contribution in [0, 0.1) is 0 Å². The Kier molecular flexibility index (Phi) is 8.66. The Balaban J connectivity index is 2.87. The Morgan fingerprint density at radius 1 is 1.53 bits per heavy atom. The second kappa shape index (κ2) is 9.11. The summed E-state index contributed by atoms with van der Waals surface area (Å²) < 4.78 is 23.2. The summed E-state index contributed by atoms with van der Waals surface area (Å²) in [5.74, 6) is 0. The maximum Gasteiger partial charge on any atom is 0.181 e. The van der Waals surface area contributed by atoms with Crippen LogP contribution in [0.5, 0.6) is 0 Å². The molecule has 110 valence electrons. The van der Waals surface area contributed by atoms with Gasteiger partial charge in [-0.3, -0.25) is 4.57 Å². The predicted molar refractivity (Wildman–Crippen MR) is 86.8 cm³/mol. The van der Waals surface area contributed by atoms with Gasteiger partial charge in [0.15, 0.2) is 8.15 Å². The zero-order valence-electron chi connectivity index (χ0n) is 11.3. The molecule has 1 N–H and O–H groups in total. The van der Waals surface area contributed by atoms with Gasteiger partial charge in [-0.1, -0.05) is 15.0 Å². The molecule has 0 aromatic carbocycles. The van der Waals surface area contributed by atoms with Gasteiger partial charge in [-0.05, 0) is 33.8 Å². The molecule has 0 aromatic heterocycles. The molecule has 0 aliphatic carbocycles. The largest absolute Gasteiger partial charge is 0.394 e. The van der Waals surface area contributed by atoms with Crippen LogP contribution in [0.2, 0.25) is 0 Å². The van der Waals surface area contributed by atoms with Crippen LogP contribution in [0.3, 0.4) is 0 Å². The van der Waals surface area contributed by atoms with Crippen LogP contribution in [0.1, 0.15) is 12.8 Å². The summed E-state index contributed by atoms with van der Waals surface area (Å²) >= 11 is 0. The van der Waals surface area contributed by atoms with Crippen LogP contribution < -0.4 is 0 Å². The molecule has 0 radical (unpaired) electrons. The number of rotatable bonds is 8. The van der Waals surface area contributed by atoms with Crippen LogP contribution in [0.25, 0.3) is 0 Å². The summed E-state index contributed by atoms with van der Waals surface area (Å²) in [6.07, 6.45) is 3.15. The van der Waals surface area contributed by atoms with Crippen LogP contribution >= 0.6 is 32.5 Å². The van der Waals surface area contributed by atoms with Gasteiger partial charge in [0.05, 0.1) is 24.9 Å². The zero-order valence-corrected chi connectivity index (χ0v) is 15.1. The van der Waals surface area contributed by atoms with Gasteiger partial charge in [0.25, 0.3) is 0 Å². The Labute approximate surface area is 121 Å². The van der Waals surface area contributed by atoms with Crippen molar-refractivity contribution < 1.29 is 18.9 Å². The summed E-state index contributed by atoms with van der Waals surface area (Å²) in [7, 11) is 1.46. The number of aliphatic hydroxyl groups is 1. The first-order chi connectivity index (χ1) is 9.04. The first kappa shape index (κ1) is 18.1. The number of allylic oxidation sites excluding steroid dienone is 1. The van der Waals surface area contributed by atoms with E-state index in [1.165, 1.54) is 0 Å². The molecule has 7 unspecified atom stereocenters. The summed E-state index contributed by atoms with van der Waals surface area (Å²) in [5, 5.41) is 9.48. The van der Waals surface area contributed by atoms with Crippen molar-refractivity contribution in [3.05, 3.63) is 12.7 Å². The van der Waals surface area contributed by atoms with E-state index >= 15 is 0 Å². The summed E-state index contributed by atoms with van der Waals surface area (Å²) in [6.45, 7) is 7.66. The normalized spacial score (nSPS) is 34.3. The van der Waals surface area contributed by atoms with Crippen LogP contribution in [-0.4, -0.2) is 49.0 Å². The number of hydrogen-bond acceptors (Lipinski definition) is 4. The maximum absolute atomic E-state index is 11.2. The van der Waals surface area contributed by atoms with E-state index < -0.39 is 15.4 Å². The van der Waals surface area contributed by atoms with Gasteiger partial charge >= 0.3 is 0 Å². The van der Waals surface area contributed by atoms with Crippen molar-refractivity contribution >= 4 is 32.5 Å². The number of hydrogen-bond donors (Lipinski definition) is 1. The van der Waals surface area contributed by atoms with Crippen molar-refractivity contribution in [1.29, 1.82) is 0 Å². The highest BCUT2D eigenvalue weighted by Crippen LogP contribution is 2.58. The third-order valence-corrected chi connectivity index (χ3v) is 7.38. The standard InChI is InChI=1S/C11H22O4P4/c1-4-5-6-8-10(15-19(3)16)11(18(2)17-13)9(7-12)14-8/h4,8-12H,1,5-7,16H2,2-3H3. The quantitative estimate of drug-likeness (QED) is 0.541. The lowest BCUT2D eigenvalue weighted by atomic mass is 10.1. The van der Waals surface area contributed by atoms with Gasteiger partial charge in [0.1, 0.15) is 0 Å². The van der Waals surface area contributed by atoms with Crippen LogP contribution in [0.15, 0.2) is 12.7 Å². The minimum atomic E-state index is -0.754. The molecule has 0 amide bonds. The average Bonchev–Trinajstić information content (AvgIpc) is 2.72. The van der Waals surface area contributed by atoms with Crippen LogP contribution in [0.4, 0.5) is 0 Å². The first-order valence-corrected chi connectivity index (χ1v) is 12.8. The topological polar surface area (TPSA) is 55.8 Å². The van der Waals surface area contributed by atoms with E-state index in [0.29, 0.717) is 0 Å². The lowest BCUT2D eigenvalue weighted by Gasteiger charge is -2.27. The molecule has 1 heterocycles. The van der Waals surface area contributed by atoms with Gasteiger partial charge in [0, 0.05) is 13.5 Å². The van der Waals surface area contributed by atoms with Crippen molar-refractivity contribution in [2.75, 3.05) is 19.9 Å². The van der Waals surface area contributed by atoms with Gasteiger partial charge in [0.2, 0.25) is 0 Å². The molecule has 4 nitrogen and oxygen atoms in total. The van der Waals surface area contributed by atoms with Gasteiger partial charge < -0.3 is 14.4 Å². The van der Waals surface area contributed by atoms with Gasteiger partial charge in [-0.2, -0.15) is 0 Å². The second-order valence-corrected chi connectivity index (χ2v) is 12.3. The maximum atomic E-state index is 11.2. The Morgan fingerprint density at radius 3 is 2.68 bits per heavy atom. The smallest absolute Gasteiger partial charge is 0.181 e. The van der Waals surface area contributed by atoms with E-state index in [9.17, 15) is 9.67 Å². The van der Waals surface area contributed by atoms with Crippen molar-refractivity contribution in [2.45, 2.75) is 36.8 Å². The minimum Gasteiger partial charge on any atom is -0.394 e. The van der Waals surface area contributed by atoms with Gasteiger partial charge in [-0.25, -0.2) is 0 Å². The first-order valence-electron chi connectivity index (χ1n) is 6.13. The number of ether oxygens (including phenoxy) is 1. The third-order valence-electron chi connectivity index (χ3n) is 3.12. The molecular weight excluding hydrogens is 320 g/mol. The molecule has 7 atom stereocenters. The molecule has 1 fully saturated rings. The number of aliphatic hydroxyl groups excluding tert-OH is 1.